The van der Waals surface area contributed by atoms with Crippen LogP contribution in [0.25, 0.3) is 6.08 Å². The molecule has 0 saturated carbocycles. The number of carbonyl (C=O) groups is 1. The van der Waals surface area contributed by atoms with Crippen LogP contribution in [0.15, 0.2) is 77.6 Å². The minimum atomic E-state index is -0.284. The van der Waals surface area contributed by atoms with Gasteiger partial charge in [0.05, 0.1) is 5.69 Å². The minimum Gasteiger partial charge on any atom is -0.337 e. The van der Waals surface area contributed by atoms with Crippen LogP contribution in [0.4, 0.5) is 11.4 Å². The Hall–Kier alpha value is -3.40. The zero-order chi connectivity index (χ0) is 19.2. The van der Waals surface area contributed by atoms with Crippen molar-refractivity contribution >= 4 is 23.7 Å². The van der Waals surface area contributed by atoms with Gasteiger partial charge in [-0.05, 0) is 30.7 Å². The Balaban J connectivity index is 2.05. The molecule has 1 aromatic heterocycles. The van der Waals surface area contributed by atoms with E-state index in [1.54, 1.807) is 7.05 Å². The SMILES string of the molecule is Cc1cc(N(C/C=C\c2ccccc2)c2ccccc2)c(C=O)c(=O)n1C. The van der Waals surface area contributed by atoms with Gasteiger partial charge in [0.1, 0.15) is 5.56 Å². The average Bonchev–Trinajstić information content (AvgIpc) is 2.71. The van der Waals surface area contributed by atoms with E-state index in [-0.39, 0.29) is 11.1 Å². The molecule has 0 fully saturated rings. The van der Waals surface area contributed by atoms with Gasteiger partial charge in [0.2, 0.25) is 0 Å². The van der Waals surface area contributed by atoms with Gasteiger partial charge in [-0.1, -0.05) is 60.7 Å². The normalized spacial score (nSPS) is 10.9. The van der Waals surface area contributed by atoms with Crippen LogP contribution in [-0.2, 0) is 7.05 Å². The Morgan fingerprint density at radius 1 is 1.00 bits per heavy atom. The molecular formula is C23H22N2O2. The van der Waals surface area contributed by atoms with E-state index in [4.69, 9.17) is 0 Å². The van der Waals surface area contributed by atoms with E-state index in [2.05, 4.69) is 0 Å². The fourth-order valence-electron chi connectivity index (χ4n) is 2.97. The first-order chi connectivity index (χ1) is 13.1. The number of aryl methyl sites for hydroxylation is 1. The highest BCUT2D eigenvalue weighted by Crippen LogP contribution is 2.27. The molecule has 1 heterocycles. The number of hydrogen-bond acceptors (Lipinski definition) is 3. The van der Waals surface area contributed by atoms with Crippen LogP contribution in [0, 0.1) is 6.92 Å². The lowest BCUT2D eigenvalue weighted by molar-refractivity contribution is 0.112. The summed E-state index contributed by atoms with van der Waals surface area (Å²) in [7, 11) is 1.68. The number of hydrogen-bond donors (Lipinski definition) is 0. The highest BCUT2D eigenvalue weighted by atomic mass is 16.1. The maximum atomic E-state index is 12.6. The lowest BCUT2D eigenvalue weighted by Gasteiger charge is -2.25. The number of carbonyl (C=O) groups excluding carboxylic acids is 1. The lowest BCUT2D eigenvalue weighted by atomic mass is 10.1. The molecule has 27 heavy (non-hydrogen) atoms. The number of aromatic nitrogens is 1. The number of pyridine rings is 1. The van der Waals surface area contributed by atoms with Gasteiger partial charge < -0.3 is 9.47 Å². The van der Waals surface area contributed by atoms with Crippen molar-refractivity contribution in [2.45, 2.75) is 6.92 Å². The van der Waals surface area contributed by atoms with E-state index in [0.29, 0.717) is 18.5 Å². The van der Waals surface area contributed by atoms with Gasteiger partial charge >= 0.3 is 0 Å². The second-order valence-corrected chi connectivity index (χ2v) is 6.33. The van der Waals surface area contributed by atoms with Crippen LogP contribution in [0.1, 0.15) is 21.6 Å². The van der Waals surface area contributed by atoms with E-state index in [1.165, 1.54) is 4.57 Å². The zero-order valence-corrected chi connectivity index (χ0v) is 15.5. The van der Waals surface area contributed by atoms with Gasteiger partial charge in [0.25, 0.3) is 5.56 Å². The summed E-state index contributed by atoms with van der Waals surface area (Å²) < 4.78 is 1.50. The van der Waals surface area contributed by atoms with Crippen molar-refractivity contribution in [3.8, 4) is 0 Å². The van der Waals surface area contributed by atoms with Crippen LogP contribution in [0.3, 0.4) is 0 Å². The van der Waals surface area contributed by atoms with Gasteiger partial charge in [-0.25, -0.2) is 0 Å². The summed E-state index contributed by atoms with van der Waals surface area (Å²) >= 11 is 0. The fraction of sp³-hybridized carbons (Fsp3) is 0.130. The summed E-state index contributed by atoms with van der Waals surface area (Å²) in [5.41, 5.74) is 3.32. The molecule has 0 aliphatic carbocycles. The van der Waals surface area contributed by atoms with E-state index < -0.39 is 0 Å². The van der Waals surface area contributed by atoms with Crippen molar-refractivity contribution in [1.82, 2.24) is 4.57 Å². The maximum absolute atomic E-state index is 12.6. The maximum Gasteiger partial charge on any atom is 0.263 e. The lowest BCUT2D eigenvalue weighted by Crippen LogP contribution is -2.28. The number of aldehydes is 1. The number of rotatable bonds is 6. The first-order valence-electron chi connectivity index (χ1n) is 8.82. The first kappa shape index (κ1) is 18.4. The molecule has 0 atom stereocenters. The van der Waals surface area contributed by atoms with E-state index in [9.17, 15) is 9.59 Å². The minimum absolute atomic E-state index is 0.167. The smallest absolute Gasteiger partial charge is 0.263 e. The molecular weight excluding hydrogens is 336 g/mol. The monoisotopic (exact) mass is 358 g/mol. The van der Waals surface area contributed by atoms with E-state index in [1.807, 2.05) is 90.7 Å². The topological polar surface area (TPSA) is 42.3 Å². The Kier molecular flexibility index (Phi) is 5.67. The summed E-state index contributed by atoms with van der Waals surface area (Å²) in [5.74, 6) is 0. The van der Waals surface area contributed by atoms with Crippen molar-refractivity contribution in [2.24, 2.45) is 7.05 Å². The quantitative estimate of drug-likeness (QED) is 0.615. The summed E-state index contributed by atoms with van der Waals surface area (Å²) in [6.45, 7) is 2.40. The second-order valence-electron chi connectivity index (χ2n) is 6.33. The fourth-order valence-corrected chi connectivity index (χ4v) is 2.97. The molecule has 0 N–H and O–H groups in total. The predicted octanol–water partition coefficient (Wildman–Crippen LogP) is 4.36. The molecule has 0 aliphatic heterocycles. The van der Waals surface area contributed by atoms with Gasteiger partial charge in [0.15, 0.2) is 6.29 Å². The van der Waals surface area contributed by atoms with Gasteiger partial charge in [-0.3, -0.25) is 9.59 Å². The standard InChI is InChI=1S/C23H22N2O2/c1-18-16-22(21(17-26)23(27)24(18)2)25(20-13-7-4-8-14-20)15-9-12-19-10-5-3-6-11-19/h3-14,16-17H,15H2,1-2H3/b12-9-. The van der Waals surface area contributed by atoms with Crippen molar-refractivity contribution < 1.29 is 4.79 Å². The molecule has 3 aromatic rings. The van der Waals surface area contributed by atoms with Crippen LogP contribution < -0.4 is 10.5 Å². The Bertz CT molecular complexity index is 1010. The molecule has 2 aromatic carbocycles. The molecule has 3 rings (SSSR count). The molecule has 0 spiro atoms. The van der Waals surface area contributed by atoms with Crippen LogP contribution in [-0.4, -0.2) is 17.4 Å². The molecule has 136 valence electrons. The first-order valence-corrected chi connectivity index (χ1v) is 8.82. The van der Waals surface area contributed by atoms with Crippen molar-refractivity contribution in [1.29, 1.82) is 0 Å². The third-order valence-electron chi connectivity index (χ3n) is 4.56. The molecule has 0 radical (unpaired) electrons. The van der Waals surface area contributed by atoms with Crippen LogP contribution in [0.2, 0.25) is 0 Å². The third-order valence-corrected chi connectivity index (χ3v) is 4.56. The summed E-state index contributed by atoms with van der Waals surface area (Å²) in [5, 5.41) is 0. The Labute approximate surface area is 159 Å². The zero-order valence-electron chi connectivity index (χ0n) is 15.5. The Morgan fingerprint density at radius 3 is 2.26 bits per heavy atom. The number of para-hydroxylation sites is 1. The van der Waals surface area contributed by atoms with Gasteiger partial charge in [-0.2, -0.15) is 0 Å². The molecule has 0 unspecified atom stereocenters. The highest BCUT2D eigenvalue weighted by molar-refractivity contribution is 5.86. The van der Waals surface area contributed by atoms with Crippen LogP contribution in [0.5, 0.6) is 0 Å². The molecule has 4 nitrogen and oxygen atoms in total. The number of anilines is 2. The third kappa shape index (κ3) is 4.06. The van der Waals surface area contributed by atoms with Crippen molar-refractivity contribution in [3.05, 3.63) is 100.0 Å². The predicted molar refractivity (Wildman–Crippen MR) is 111 cm³/mol. The summed E-state index contributed by atoms with van der Waals surface area (Å²) in [4.78, 5) is 26.2. The van der Waals surface area contributed by atoms with Crippen molar-refractivity contribution in [3.63, 3.8) is 0 Å². The molecule has 4 heteroatoms. The second kappa shape index (κ2) is 8.32. The van der Waals surface area contributed by atoms with Crippen molar-refractivity contribution in [2.75, 3.05) is 11.4 Å². The Morgan fingerprint density at radius 2 is 1.63 bits per heavy atom. The summed E-state index contributed by atoms with van der Waals surface area (Å²) in [6.07, 6.45) is 4.71. The molecule has 0 saturated heterocycles. The molecule has 0 amide bonds. The van der Waals surface area contributed by atoms with E-state index >= 15 is 0 Å². The number of benzene rings is 2. The average molecular weight is 358 g/mol. The molecule has 0 bridgehead atoms. The summed E-state index contributed by atoms with van der Waals surface area (Å²) in [6, 6.07) is 21.7. The molecule has 0 aliphatic rings. The van der Waals surface area contributed by atoms with Gasteiger partial charge in [0, 0.05) is 25.0 Å². The largest absolute Gasteiger partial charge is 0.337 e. The number of nitrogens with zero attached hydrogens (tertiary/aromatic N) is 2. The van der Waals surface area contributed by atoms with E-state index in [0.717, 1.165) is 16.9 Å². The highest BCUT2D eigenvalue weighted by Gasteiger charge is 2.17. The van der Waals surface area contributed by atoms with Crippen LogP contribution >= 0.6 is 0 Å². The van der Waals surface area contributed by atoms with Gasteiger partial charge in [-0.15, -0.1) is 0 Å².